The number of nitrogens with one attached hydrogen (secondary N) is 1. The van der Waals surface area contributed by atoms with E-state index >= 15 is 0 Å². The largest absolute Gasteiger partial charge is 0.535 e. The molecule has 0 radical (unpaired) electrons. The Labute approximate surface area is 195 Å². The van der Waals surface area contributed by atoms with Crippen LogP contribution in [0.4, 0.5) is 4.79 Å². The van der Waals surface area contributed by atoms with Crippen molar-refractivity contribution >= 4 is 36.7 Å². The zero-order valence-electron chi connectivity index (χ0n) is 18.8. The number of amides is 4. The molecule has 34 heavy (non-hydrogen) atoms. The Bertz CT molecular complexity index is 1020. The Morgan fingerprint density at radius 3 is 2.56 bits per heavy atom. The number of imide groups is 1. The van der Waals surface area contributed by atoms with Crippen LogP contribution < -0.4 is 9.97 Å². The summed E-state index contributed by atoms with van der Waals surface area (Å²) >= 11 is 0. The van der Waals surface area contributed by atoms with Gasteiger partial charge in [-0.3, -0.25) is 19.3 Å². The summed E-state index contributed by atoms with van der Waals surface area (Å²) in [4.78, 5) is 63.2. The van der Waals surface area contributed by atoms with Crippen molar-refractivity contribution in [1.29, 1.82) is 0 Å². The molecule has 1 aromatic rings. The van der Waals surface area contributed by atoms with Crippen molar-refractivity contribution < 1.29 is 43.9 Å². The summed E-state index contributed by atoms with van der Waals surface area (Å²) in [7, 11) is -1.48. The molecule has 13 heteroatoms. The van der Waals surface area contributed by atoms with Crippen LogP contribution in [0.3, 0.4) is 0 Å². The molecule has 1 fully saturated rings. The van der Waals surface area contributed by atoms with E-state index in [1.165, 1.54) is 24.0 Å². The van der Waals surface area contributed by atoms with E-state index < -0.39 is 54.7 Å². The molecule has 0 aliphatic carbocycles. The molecule has 3 rings (SSSR count). The van der Waals surface area contributed by atoms with Crippen molar-refractivity contribution in [3.05, 3.63) is 29.3 Å². The summed E-state index contributed by atoms with van der Waals surface area (Å²) in [5.41, 5.74) is 0.386. The fraction of sp³-hybridized carbons (Fsp3) is 0.476. The number of fused-ring (bicyclic) bond motifs is 1. The molecule has 2 aliphatic rings. The number of urea groups is 1. The Kier molecular flexibility index (Phi) is 7.57. The van der Waals surface area contributed by atoms with Gasteiger partial charge in [0, 0.05) is 31.9 Å². The summed E-state index contributed by atoms with van der Waals surface area (Å²) in [6, 6.07) is 2.10. The molecule has 1 saturated heterocycles. The number of hydrogen-bond donors (Lipinski definition) is 4. The summed E-state index contributed by atoms with van der Waals surface area (Å²) in [5.74, 6) is -4.43. The fourth-order valence-corrected chi connectivity index (χ4v) is 4.06. The number of Topliss-reactive ketones (excluding diaryl/α,β-unsaturated/α-hetero) is 1. The molecule has 0 spiro atoms. The lowest BCUT2D eigenvalue weighted by Crippen LogP contribution is -2.61. The number of carbonyl (C=O) groups is 5. The van der Waals surface area contributed by atoms with Crippen LogP contribution in [0.1, 0.15) is 36.2 Å². The molecule has 12 nitrogen and oxygen atoms in total. The number of carbonyl (C=O) groups excluding carboxylic acids is 4. The van der Waals surface area contributed by atoms with Crippen molar-refractivity contribution in [3.63, 3.8) is 0 Å². The summed E-state index contributed by atoms with van der Waals surface area (Å²) in [6.45, 7) is 3.41. The quantitative estimate of drug-likeness (QED) is 0.293. The molecule has 0 saturated carbocycles. The molecule has 1 aromatic carbocycles. The minimum Gasteiger partial charge on any atom is -0.535 e. The number of hydrogen-bond acceptors (Lipinski definition) is 8. The number of aliphatic hydroxyl groups is 1. The Morgan fingerprint density at radius 2 is 1.94 bits per heavy atom. The first-order valence-electron chi connectivity index (χ1n) is 10.9. The van der Waals surface area contributed by atoms with E-state index in [2.05, 4.69) is 5.32 Å². The number of aromatic carboxylic acids is 1. The maximum atomic E-state index is 12.9. The third-order valence-electron chi connectivity index (χ3n) is 5.96. The van der Waals surface area contributed by atoms with Gasteiger partial charge in [-0.05, 0) is 31.9 Å². The molecule has 182 valence electrons. The monoisotopic (exact) mass is 475 g/mol. The van der Waals surface area contributed by atoms with E-state index in [1.807, 2.05) is 0 Å². The van der Waals surface area contributed by atoms with Gasteiger partial charge in [0.05, 0.1) is 11.7 Å². The maximum absolute atomic E-state index is 12.9. The van der Waals surface area contributed by atoms with Crippen LogP contribution in [0.5, 0.6) is 5.75 Å². The fourth-order valence-electron chi connectivity index (χ4n) is 4.06. The zero-order valence-corrected chi connectivity index (χ0v) is 18.8. The van der Waals surface area contributed by atoms with Crippen molar-refractivity contribution in [2.45, 2.75) is 44.7 Å². The molecule has 4 N–H and O–H groups in total. The molecule has 0 bridgehead atoms. The number of aliphatic hydroxyl groups excluding tert-OH is 1. The van der Waals surface area contributed by atoms with Crippen LogP contribution in [-0.2, 0) is 20.8 Å². The van der Waals surface area contributed by atoms with Gasteiger partial charge in [0.2, 0.25) is 0 Å². The number of para-hydroxylation sites is 1. The Balaban J connectivity index is 1.69. The number of rotatable bonds is 7. The molecule has 3 atom stereocenters. The number of ketones is 1. The molecule has 2 aliphatic heterocycles. The van der Waals surface area contributed by atoms with Gasteiger partial charge in [0.25, 0.3) is 0 Å². The van der Waals surface area contributed by atoms with E-state index in [-0.39, 0.29) is 37.2 Å². The second-order valence-corrected chi connectivity index (χ2v) is 8.25. The number of carboxylic acid groups (broad SMARTS) is 1. The maximum Gasteiger partial charge on any atom is 0.526 e. The lowest BCUT2D eigenvalue weighted by atomic mass is 9.64. The van der Waals surface area contributed by atoms with Crippen molar-refractivity contribution in [2.75, 3.05) is 19.6 Å². The average Bonchev–Trinajstić information content (AvgIpc) is 2.78. The van der Waals surface area contributed by atoms with Crippen LogP contribution in [0.15, 0.2) is 18.2 Å². The van der Waals surface area contributed by atoms with Gasteiger partial charge >= 0.3 is 30.9 Å². The van der Waals surface area contributed by atoms with Gasteiger partial charge < -0.3 is 30.1 Å². The lowest BCUT2D eigenvalue weighted by molar-refractivity contribution is -0.153. The van der Waals surface area contributed by atoms with Crippen molar-refractivity contribution in [1.82, 2.24) is 15.1 Å². The number of nitrogens with zero attached hydrogens (tertiary/aromatic N) is 2. The predicted octanol–water partition coefficient (Wildman–Crippen LogP) is -0.721. The summed E-state index contributed by atoms with van der Waals surface area (Å²) in [6.07, 6.45) is -1.49. The molecule has 4 amide bonds. The molecule has 0 unspecified atom stereocenters. The number of carboxylic acids is 1. The normalized spacial score (nSPS) is 19.8. The number of piperazine rings is 1. The Hall–Kier alpha value is -3.45. The van der Waals surface area contributed by atoms with Crippen molar-refractivity contribution in [2.24, 2.45) is 0 Å². The highest BCUT2D eigenvalue weighted by atomic mass is 16.5. The van der Waals surface area contributed by atoms with Gasteiger partial charge in [0.15, 0.2) is 5.78 Å². The highest BCUT2D eigenvalue weighted by Gasteiger charge is 2.41. The van der Waals surface area contributed by atoms with Crippen LogP contribution in [0.25, 0.3) is 0 Å². The number of benzene rings is 1. The summed E-state index contributed by atoms with van der Waals surface area (Å²) < 4.78 is 5.38. The van der Waals surface area contributed by atoms with E-state index in [0.717, 1.165) is 0 Å². The molecular weight excluding hydrogens is 449 g/mol. The Morgan fingerprint density at radius 1 is 1.24 bits per heavy atom. The van der Waals surface area contributed by atoms with Gasteiger partial charge in [-0.2, -0.15) is 0 Å². The van der Waals surface area contributed by atoms with Gasteiger partial charge in [-0.15, -0.1) is 0 Å². The predicted molar refractivity (Wildman–Crippen MR) is 117 cm³/mol. The third kappa shape index (κ3) is 5.05. The molecule has 2 heterocycles. The zero-order chi connectivity index (χ0) is 25.2. The van der Waals surface area contributed by atoms with E-state index in [0.29, 0.717) is 17.0 Å². The molecular formula is C21H26BN3O9. The lowest BCUT2D eigenvalue weighted by Gasteiger charge is -2.33. The third-order valence-corrected chi connectivity index (χ3v) is 5.96. The topological polar surface area (TPSA) is 174 Å². The SMILES string of the molecule is CCN1CCN(C(=O)N[C@@H](C(=O)C[C@H]2Cc3cccc(C(=O)O)c3OB2O)[C@@H](C)O)C(=O)C1=O. The number of likely N-dealkylation sites (N-methyl/N-ethyl adjacent to an activating group) is 1. The standard InChI is InChI=1S/C21H26BN3O9/c1-3-24-7-8-25(19(29)18(24)28)21(32)23-16(11(2)26)15(27)10-13-9-12-5-4-6-14(20(30)31)17(12)34-22(13)33/h4-6,11,13,16,26,33H,3,7-10H2,1-2H3,(H,23,32)(H,30,31)/t11-,13-,16-/m1/s1. The minimum atomic E-state index is -1.48. The van der Waals surface area contributed by atoms with Crippen LogP contribution >= 0.6 is 0 Å². The van der Waals surface area contributed by atoms with E-state index in [9.17, 15) is 39.2 Å². The second kappa shape index (κ2) is 10.2. The van der Waals surface area contributed by atoms with Crippen LogP contribution in [-0.4, -0.2) is 93.5 Å². The van der Waals surface area contributed by atoms with Crippen LogP contribution in [0.2, 0.25) is 5.82 Å². The molecule has 0 aromatic heterocycles. The smallest absolute Gasteiger partial charge is 0.526 e. The van der Waals surface area contributed by atoms with Gasteiger partial charge in [0.1, 0.15) is 11.8 Å². The second-order valence-electron chi connectivity index (χ2n) is 8.25. The van der Waals surface area contributed by atoms with Crippen LogP contribution in [0, 0.1) is 0 Å². The summed E-state index contributed by atoms with van der Waals surface area (Å²) in [5, 5.41) is 32.1. The first kappa shape index (κ1) is 25.2. The highest BCUT2D eigenvalue weighted by Crippen LogP contribution is 2.36. The first-order valence-corrected chi connectivity index (χ1v) is 10.9. The van der Waals surface area contributed by atoms with Gasteiger partial charge in [-0.25, -0.2) is 9.59 Å². The average molecular weight is 475 g/mol. The van der Waals surface area contributed by atoms with Crippen molar-refractivity contribution in [3.8, 4) is 5.75 Å². The van der Waals surface area contributed by atoms with Gasteiger partial charge in [-0.1, -0.05) is 12.1 Å². The first-order chi connectivity index (χ1) is 16.0. The van der Waals surface area contributed by atoms with E-state index in [4.69, 9.17) is 4.65 Å². The minimum absolute atomic E-state index is 0.0287. The highest BCUT2D eigenvalue weighted by molar-refractivity contribution is 6.47. The van der Waals surface area contributed by atoms with E-state index in [1.54, 1.807) is 13.0 Å².